The van der Waals surface area contributed by atoms with Gasteiger partial charge in [-0.05, 0) is 24.3 Å². The van der Waals surface area contributed by atoms with Crippen LogP contribution in [-0.4, -0.2) is 26.0 Å². The first-order valence-electron chi connectivity index (χ1n) is 11.2. The largest absolute Gasteiger partial charge is 0.314 e. The van der Waals surface area contributed by atoms with Crippen molar-refractivity contribution in [3.8, 4) is 0 Å². The van der Waals surface area contributed by atoms with E-state index in [4.69, 9.17) is 14.5 Å². The summed E-state index contributed by atoms with van der Waals surface area (Å²) in [5, 5.41) is 2.18. The van der Waals surface area contributed by atoms with Crippen LogP contribution in [0.3, 0.4) is 0 Å². The highest BCUT2D eigenvalue weighted by molar-refractivity contribution is 7.80. The highest BCUT2D eigenvalue weighted by Crippen LogP contribution is 2.51. The number of nitrogens with zero attached hydrogens (tertiary/aromatic N) is 5. The van der Waals surface area contributed by atoms with Gasteiger partial charge in [0, 0.05) is 36.1 Å². The van der Waals surface area contributed by atoms with Crippen molar-refractivity contribution in [1.29, 1.82) is 0 Å². The van der Waals surface area contributed by atoms with Gasteiger partial charge in [-0.3, -0.25) is 0 Å². The molecule has 0 aliphatic carbocycles. The summed E-state index contributed by atoms with van der Waals surface area (Å²) in [7, 11) is 1.46. The fourth-order valence-corrected chi connectivity index (χ4v) is 6.74. The first kappa shape index (κ1) is 21.9. The van der Waals surface area contributed by atoms with E-state index in [9.17, 15) is 0 Å². The molecule has 4 aromatic rings. The minimum Gasteiger partial charge on any atom is -0.314 e. The lowest BCUT2D eigenvalue weighted by Crippen LogP contribution is -2.34. The maximum Gasteiger partial charge on any atom is 0.233 e. The maximum atomic E-state index is 5.33. The Bertz CT molecular complexity index is 1280. The van der Waals surface area contributed by atoms with Crippen LogP contribution in [0.15, 0.2) is 136 Å². The van der Waals surface area contributed by atoms with Gasteiger partial charge in [-0.2, -0.15) is 14.5 Å². The third-order valence-electron chi connectivity index (χ3n) is 5.79. The first-order valence-corrected chi connectivity index (χ1v) is 12.9. The Morgan fingerprint density at radius 2 is 0.882 bits per heavy atom. The van der Waals surface area contributed by atoms with Gasteiger partial charge in [0.1, 0.15) is 7.21 Å². The van der Waals surface area contributed by atoms with Gasteiger partial charge in [0.15, 0.2) is 0 Å². The summed E-state index contributed by atoms with van der Waals surface area (Å²) in [6.07, 6.45) is 0. The molecule has 34 heavy (non-hydrogen) atoms. The average Bonchev–Trinajstić information content (AvgIpc) is 2.94. The van der Waals surface area contributed by atoms with Crippen LogP contribution in [0, 0.1) is 0 Å². The van der Waals surface area contributed by atoms with Crippen molar-refractivity contribution in [2.75, 3.05) is 23.9 Å². The summed E-state index contributed by atoms with van der Waals surface area (Å²) in [5.74, 6) is 1.28. The van der Waals surface area contributed by atoms with Crippen molar-refractivity contribution in [1.82, 2.24) is 0 Å². The second kappa shape index (κ2) is 9.50. The van der Waals surface area contributed by atoms with Crippen LogP contribution in [0.4, 0.5) is 11.4 Å². The van der Waals surface area contributed by atoms with E-state index >= 15 is 0 Å². The lowest BCUT2D eigenvalue weighted by Gasteiger charge is -2.31. The minimum absolute atomic E-state index is 0.639. The summed E-state index contributed by atoms with van der Waals surface area (Å²) in [5.41, 5.74) is 2.04. The standard InChI is InChI=1S/C28H26N5P/c1-32(23-15-7-3-8-16-23)27-29-28(33(2)24-17-9-4-10-18-24)31-34(30-27,25-19-11-5-12-20-25)26-21-13-6-14-22-26/h3-22H,1-2H3. The normalized spacial score (nSPS) is 14.4. The van der Waals surface area contributed by atoms with Gasteiger partial charge in [0.05, 0.1) is 0 Å². The average molecular weight is 464 g/mol. The van der Waals surface area contributed by atoms with Crippen molar-refractivity contribution in [3.05, 3.63) is 121 Å². The van der Waals surface area contributed by atoms with E-state index in [0.717, 1.165) is 22.0 Å². The number of hydrogen-bond donors (Lipinski definition) is 0. The predicted molar refractivity (Wildman–Crippen MR) is 146 cm³/mol. The molecule has 0 unspecified atom stereocenters. The number of benzene rings is 4. The molecule has 0 amide bonds. The van der Waals surface area contributed by atoms with Crippen LogP contribution >= 0.6 is 7.21 Å². The fourth-order valence-electron chi connectivity index (χ4n) is 3.89. The zero-order valence-corrected chi connectivity index (χ0v) is 20.1. The third-order valence-corrected chi connectivity index (χ3v) is 8.76. The molecular weight excluding hydrogens is 437 g/mol. The van der Waals surface area contributed by atoms with Crippen molar-refractivity contribution in [3.63, 3.8) is 0 Å². The van der Waals surface area contributed by atoms with E-state index in [1.807, 2.05) is 72.4 Å². The van der Waals surface area contributed by atoms with Crippen molar-refractivity contribution < 1.29 is 0 Å². The van der Waals surface area contributed by atoms with Gasteiger partial charge in [0.25, 0.3) is 0 Å². The monoisotopic (exact) mass is 463 g/mol. The summed E-state index contributed by atoms with van der Waals surface area (Å²) in [6, 6.07) is 41.2. The van der Waals surface area contributed by atoms with Crippen LogP contribution in [0.1, 0.15) is 0 Å². The molecule has 0 atom stereocenters. The topological polar surface area (TPSA) is 43.6 Å². The zero-order valence-electron chi connectivity index (χ0n) is 19.2. The van der Waals surface area contributed by atoms with Crippen molar-refractivity contribution >= 4 is 41.1 Å². The molecule has 0 bridgehead atoms. The van der Waals surface area contributed by atoms with Crippen LogP contribution in [0.2, 0.25) is 0 Å². The number of hydrogen-bond acceptors (Lipinski definition) is 5. The highest BCUT2D eigenvalue weighted by atomic mass is 31.2. The van der Waals surface area contributed by atoms with Gasteiger partial charge in [-0.25, -0.2) is 0 Å². The Morgan fingerprint density at radius 1 is 0.500 bits per heavy atom. The second-order valence-corrected chi connectivity index (χ2v) is 10.6. The number of rotatable bonds is 4. The molecule has 4 aromatic carbocycles. The summed E-state index contributed by atoms with van der Waals surface area (Å²) in [6.45, 7) is 0. The van der Waals surface area contributed by atoms with Crippen molar-refractivity contribution in [2.45, 2.75) is 0 Å². The van der Waals surface area contributed by atoms with Crippen LogP contribution in [0.5, 0.6) is 0 Å². The molecule has 6 heteroatoms. The molecule has 168 valence electrons. The molecule has 0 N–H and O–H groups in total. The molecular formula is C28H26N5P. The number of para-hydroxylation sites is 2. The zero-order chi connectivity index (χ0) is 23.4. The van der Waals surface area contributed by atoms with Crippen LogP contribution in [-0.2, 0) is 0 Å². The Hall–Kier alpha value is -3.95. The molecule has 0 saturated heterocycles. The number of guanidine groups is 2. The van der Waals surface area contributed by atoms with E-state index in [1.165, 1.54) is 0 Å². The fraction of sp³-hybridized carbons (Fsp3) is 0.0714. The maximum absolute atomic E-state index is 5.33. The molecule has 5 rings (SSSR count). The predicted octanol–water partition coefficient (Wildman–Crippen LogP) is 5.75. The lowest BCUT2D eigenvalue weighted by atomic mass is 10.3. The lowest BCUT2D eigenvalue weighted by molar-refractivity contribution is 1.18. The Morgan fingerprint density at radius 3 is 1.32 bits per heavy atom. The molecule has 1 aliphatic rings. The molecule has 0 radical (unpaired) electrons. The van der Waals surface area contributed by atoms with E-state index in [2.05, 4.69) is 72.8 Å². The quantitative estimate of drug-likeness (QED) is 0.362. The minimum atomic E-state index is -2.56. The third kappa shape index (κ3) is 4.18. The first-order chi connectivity index (χ1) is 16.7. The summed E-state index contributed by atoms with van der Waals surface area (Å²) >= 11 is 0. The van der Waals surface area contributed by atoms with E-state index in [0.29, 0.717) is 11.9 Å². The highest BCUT2D eigenvalue weighted by Gasteiger charge is 2.31. The van der Waals surface area contributed by atoms with Crippen molar-refractivity contribution in [2.24, 2.45) is 14.5 Å². The molecule has 0 fully saturated rings. The smallest absolute Gasteiger partial charge is 0.233 e. The molecule has 1 heterocycles. The van der Waals surface area contributed by atoms with Gasteiger partial charge in [0.2, 0.25) is 11.9 Å². The van der Waals surface area contributed by atoms with E-state index in [-0.39, 0.29) is 0 Å². The van der Waals surface area contributed by atoms with Crippen LogP contribution < -0.4 is 20.4 Å². The summed E-state index contributed by atoms with van der Waals surface area (Å²) < 4.78 is 10.7. The van der Waals surface area contributed by atoms with Gasteiger partial charge < -0.3 is 9.80 Å². The molecule has 5 nitrogen and oxygen atoms in total. The van der Waals surface area contributed by atoms with Gasteiger partial charge in [-0.15, -0.1) is 0 Å². The molecule has 0 spiro atoms. The number of anilines is 2. The van der Waals surface area contributed by atoms with E-state index in [1.54, 1.807) is 0 Å². The molecule has 0 saturated carbocycles. The van der Waals surface area contributed by atoms with Gasteiger partial charge in [-0.1, -0.05) is 97.1 Å². The SMILES string of the molecule is CN(C1=NC(N(C)c2ccccc2)=NP(c2ccccc2)(c2ccccc2)=N1)c1ccccc1. The Kier molecular flexibility index (Phi) is 6.11. The Labute approximate surface area is 200 Å². The summed E-state index contributed by atoms with van der Waals surface area (Å²) in [4.78, 5) is 9.03. The van der Waals surface area contributed by atoms with Gasteiger partial charge >= 0.3 is 0 Å². The number of aliphatic imine (C=N–C) groups is 1. The Balaban J connectivity index is 1.77. The molecule has 1 aliphatic heterocycles. The molecule has 0 aromatic heterocycles. The van der Waals surface area contributed by atoms with Crippen LogP contribution in [0.25, 0.3) is 0 Å². The van der Waals surface area contributed by atoms with E-state index < -0.39 is 7.21 Å². The second-order valence-electron chi connectivity index (χ2n) is 7.97.